The van der Waals surface area contributed by atoms with Crippen LogP contribution < -0.4 is 5.32 Å². The molecule has 2 fully saturated rings. The van der Waals surface area contributed by atoms with Gasteiger partial charge in [-0.15, -0.1) is 13.2 Å². The second kappa shape index (κ2) is 3.46. The maximum absolute atomic E-state index is 12.6. The third-order valence-electron chi connectivity index (χ3n) is 3.47. The fraction of sp³-hybridized carbons (Fsp3) is 0.700. The van der Waals surface area contributed by atoms with Crippen molar-refractivity contribution in [2.45, 2.75) is 12.8 Å². The number of hydrogen-bond donors (Lipinski definition) is 1. The number of rotatable bonds is 2. The van der Waals surface area contributed by atoms with Gasteiger partial charge in [-0.2, -0.15) is 0 Å². The van der Waals surface area contributed by atoms with Crippen molar-refractivity contribution in [3.8, 4) is 0 Å². The molecule has 1 spiro atoms. The lowest BCUT2D eigenvalue weighted by atomic mass is 9.74. The van der Waals surface area contributed by atoms with Crippen LogP contribution in [0.5, 0.6) is 0 Å². The van der Waals surface area contributed by atoms with Crippen LogP contribution in [-0.2, 0) is 12.8 Å². The van der Waals surface area contributed by atoms with E-state index >= 15 is 0 Å². The normalized spacial score (nSPS) is 23.5. The van der Waals surface area contributed by atoms with Crippen LogP contribution in [0.4, 0.5) is 13.2 Å². The van der Waals surface area contributed by atoms with Gasteiger partial charge in [0, 0.05) is 44.0 Å². The van der Waals surface area contributed by atoms with Crippen LogP contribution in [0.15, 0.2) is 12.4 Å². The first-order valence-electron chi connectivity index (χ1n) is 5.51. The number of nitrogens with zero attached hydrogens (tertiary/aromatic N) is 3. The summed E-state index contributed by atoms with van der Waals surface area (Å²) in [6.07, 6.45) is -2.20. The largest absolute Gasteiger partial charge is 0.489 e. The number of imidazole rings is 1. The Hall–Kier alpha value is -1.08. The SMILES string of the molecule is FC(F)(F)n1ccnc1CN1CC2(CNC2)C1. The minimum Gasteiger partial charge on any atom is -0.315 e. The molecule has 0 aromatic carbocycles. The Morgan fingerprint density at radius 3 is 2.59 bits per heavy atom. The molecule has 3 rings (SSSR count). The molecule has 2 aliphatic rings. The van der Waals surface area contributed by atoms with Gasteiger partial charge in [0.05, 0.1) is 6.54 Å². The lowest BCUT2D eigenvalue weighted by molar-refractivity contribution is -0.206. The maximum atomic E-state index is 12.6. The molecule has 94 valence electrons. The summed E-state index contributed by atoms with van der Waals surface area (Å²) < 4.78 is 38.0. The summed E-state index contributed by atoms with van der Waals surface area (Å²) in [4.78, 5) is 5.79. The van der Waals surface area contributed by atoms with Crippen LogP contribution in [0, 0.1) is 5.41 Å². The van der Waals surface area contributed by atoms with E-state index < -0.39 is 6.30 Å². The van der Waals surface area contributed by atoms with Gasteiger partial charge in [0.2, 0.25) is 0 Å². The van der Waals surface area contributed by atoms with E-state index in [0.29, 0.717) is 5.41 Å². The summed E-state index contributed by atoms with van der Waals surface area (Å²) in [7, 11) is 0. The lowest BCUT2D eigenvalue weighted by Crippen LogP contribution is -2.70. The minimum absolute atomic E-state index is 0.0691. The van der Waals surface area contributed by atoms with Gasteiger partial charge in [-0.25, -0.2) is 9.55 Å². The maximum Gasteiger partial charge on any atom is 0.489 e. The molecule has 7 heteroatoms. The van der Waals surface area contributed by atoms with Gasteiger partial charge in [-0.05, 0) is 0 Å². The first-order valence-corrected chi connectivity index (χ1v) is 5.51. The van der Waals surface area contributed by atoms with Crippen LogP contribution in [0.2, 0.25) is 0 Å². The summed E-state index contributed by atoms with van der Waals surface area (Å²) in [6.45, 7) is 3.97. The number of alkyl halides is 3. The van der Waals surface area contributed by atoms with E-state index in [4.69, 9.17) is 0 Å². The van der Waals surface area contributed by atoms with Crippen LogP contribution >= 0.6 is 0 Å². The number of hydrogen-bond acceptors (Lipinski definition) is 3. The fourth-order valence-corrected chi connectivity index (χ4v) is 2.60. The van der Waals surface area contributed by atoms with Gasteiger partial charge >= 0.3 is 6.30 Å². The van der Waals surface area contributed by atoms with Crippen molar-refractivity contribution in [3.63, 3.8) is 0 Å². The van der Waals surface area contributed by atoms with E-state index in [0.717, 1.165) is 32.4 Å². The summed E-state index contributed by atoms with van der Waals surface area (Å²) in [5.74, 6) is 0.0691. The lowest BCUT2D eigenvalue weighted by Gasteiger charge is -2.56. The molecule has 0 aliphatic carbocycles. The van der Waals surface area contributed by atoms with E-state index in [1.165, 1.54) is 6.20 Å². The van der Waals surface area contributed by atoms with Crippen molar-refractivity contribution in [1.82, 2.24) is 19.8 Å². The second-order valence-electron chi connectivity index (χ2n) is 4.93. The monoisotopic (exact) mass is 246 g/mol. The van der Waals surface area contributed by atoms with E-state index in [2.05, 4.69) is 10.3 Å². The standard InChI is InChI=1S/C10H13F3N4/c11-10(12,13)17-2-1-15-8(17)3-16-6-9(7-16)4-14-5-9/h1-2,14H,3-7H2. The highest BCUT2D eigenvalue weighted by Crippen LogP contribution is 2.35. The topological polar surface area (TPSA) is 33.1 Å². The smallest absolute Gasteiger partial charge is 0.315 e. The van der Waals surface area contributed by atoms with Crippen molar-refractivity contribution in [2.24, 2.45) is 5.41 Å². The third-order valence-corrected chi connectivity index (χ3v) is 3.47. The molecule has 0 atom stereocenters. The first kappa shape index (κ1) is 11.0. The van der Waals surface area contributed by atoms with Crippen molar-refractivity contribution in [2.75, 3.05) is 26.2 Å². The van der Waals surface area contributed by atoms with Crippen LogP contribution in [-0.4, -0.2) is 40.6 Å². The Bertz CT molecular complexity index is 413. The highest BCUT2D eigenvalue weighted by atomic mass is 19.4. The van der Waals surface area contributed by atoms with Crippen molar-refractivity contribution in [1.29, 1.82) is 0 Å². The van der Waals surface area contributed by atoms with E-state index in [9.17, 15) is 13.2 Å². The number of nitrogens with one attached hydrogen (secondary N) is 1. The van der Waals surface area contributed by atoms with E-state index in [1.807, 2.05) is 4.90 Å². The average molecular weight is 246 g/mol. The molecule has 1 N–H and O–H groups in total. The average Bonchev–Trinajstić information content (AvgIpc) is 2.53. The summed E-state index contributed by atoms with van der Waals surface area (Å²) in [6, 6.07) is 0. The minimum atomic E-state index is -4.37. The van der Waals surface area contributed by atoms with Gasteiger partial charge in [0.25, 0.3) is 0 Å². The Morgan fingerprint density at radius 2 is 2.06 bits per heavy atom. The summed E-state index contributed by atoms with van der Waals surface area (Å²) >= 11 is 0. The zero-order valence-corrected chi connectivity index (χ0v) is 9.17. The Morgan fingerprint density at radius 1 is 1.35 bits per heavy atom. The number of likely N-dealkylation sites (tertiary alicyclic amines) is 1. The molecular weight excluding hydrogens is 233 g/mol. The summed E-state index contributed by atoms with van der Waals surface area (Å²) in [5.41, 5.74) is 0.329. The van der Waals surface area contributed by atoms with Crippen molar-refractivity contribution >= 4 is 0 Å². The molecular formula is C10H13F3N4. The van der Waals surface area contributed by atoms with Gasteiger partial charge in [0.15, 0.2) is 0 Å². The molecule has 1 aromatic rings. The molecule has 0 amide bonds. The Kier molecular flexibility index (Phi) is 2.24. The van der Waals surface area contributed by atoms with Gasteiger partial charge < -0.3 is 5.32 Å². The fourth-order valence-electron chi connectivity index (χ4n) is 2.60. The second-order valence-corrected chi connectivity index (χ2v) is 4.93. The zero-order chi connectivity index (χ0) is 12.1. The highest BCUT2D eigenvalue weighted by molar-refractivity contribution is 5.06. The number of halogens is 3. The molecule has 0 unspecified atom stereocenters. The Labute approximate surface area is 96.4 Å². The molecule has 2 aliphatic heterocycles. The first-order chi connectivity index (χ1) is 7.99. The molecule has 1 aromatic heterocycles. The van der Waals surface area contributed by atoms with Crippen LogP contribution in [0.3, 0.4) is 0 Å². The van der Waals surface area contributed by atoms with Crippen molar-refractivity contribution in [3.05, 3.63) is 18.2 Å². The quantitative estimate of drug-likeness (QED) is 0.836. The van der Waals surface area contributed by atoms with Gasteiger partial charge in [-0.3, -0.25) is 4.90 Å². The predicted octanol–water partition coefficient (Wildman–Crippen LogP) is 0.765. The van der Waals surface area contributed by atoms with Gasteiger partial charge in [0.1, 0.15) is 5.82 Å². The molecule has 3 heterocycles. The van der Waals surface area contributed by atoms with Gasteiger partial charge in [-0.1, -0.05) is 0 Å². The Balaban J connectivity index is 1.64. The summed E-state index contributed by atoms with van der Waals surface area (Å²) in [5, 5.41) is 3.19. The predicted molar refractivity (Wildman–Crippen MR) is 54.1 cm³/mol. The molecule has 2 saturated heterocycles. The third kappa shape index (κ3) is 1.83. The molecule has 0 bridgehead atoms. The highest BCUT2D eigenvalue weighted by Gasteiger charge is 2.47. The molecule has 4 nitrogen and oxygen atoms in total. The number of aromatic nitrogens is 2. The van der Waals surface area contributed by atoms with E-state index in [-0.39, 0.29) is 16.9 Å². The van der Waals surface area contributed by atoms with Crippen LogP contribution in [0.25, 0.3) is 0 Å². The molecule has 17 heavy (non-hydrogen) atoms. The zero-order valence-electron chi connectivity index (χ0n) is 9.17. The molecule has 0 saturated carbocycles. The van der Waals surface area contributed by atoms with Crippen molar-refractivity contribution < 1.29 is 13.2 Å². The van der Waals surface area contributed by atoms with Crippen LogP contribution in [0.1, 0.15) is 5.82 Å². The molecule has 0 radical (unpaired) electrons. The van der Waals surface area contributed by atoms with E-state index in [1.54, 1.807) is 0 Å².